The minimum Gasteiger partial charge on any atom is -0.395 e. The highest BCUT2D eigenvalue weighted by atomic mass is 16.3. The van der Waals surface area contributed by atoms with Crippen molar-refractivity contribution < 1.29 is 9.90 Å². The molecule has 3 heterocycles. The molecule has 3 N–H and O–H groups in total. The van der Waals surface area contributed by atoms with Crippen LogP contribution in [0.2, 0.25) is 0 Å². The van der Waals surface area contributed by atoms with Crippen LogP contribution in [0.25, 0.3) is 11.1 Å². The van der Waals surface area contributed by atoms with Gasteiger partial charge < -0.3 is 10.8 Å². The highest BCUT2D eigenvalue weighted by Crippen LogP contribution is 2.31. The van der Waals surface area contributed by atoms with Gasteiger partial charge in [-0.3, -0.25) is 9.88 Å². The number of aliphatic hydroxyl groups excluding tert-OH is 1. The van der Waals surface area contributed by atoms with Gasteiger partial charge in [0, 0.05) is 41.7 Å². The van der Waals surface area contributed by atoms with Gasteiger partial charge in [-0.05, 0) is 36.1 Å². The van der Waals surface area contributed by atoms with Crippen molar-refractivity contribution in [3.8, 4) is 11.1 Å². The predicted octanol–water partition coefficient (Wildman–Crippen LogP) is 2.24. The number of carbonyl (C=O) groups is 1. The molecule has 2 aromatic heterocycles. The number of fused-ring (bicyclic) bond motifs is 1. The van der Waals surface area contributed by atoms with E-state index >= 15 is 0 Å². The normalized spacial score (nSPS) is 14.4. The van der Waals surface area contributed by atoms with Crippen LogP contribution in [-0.2, 0) is 11.8 Å². The highest BCUT2D eigenvalue weighted by molar-refractivity contribution is 5.91. The Morgan fingerprint density at radius 1 is 1.29 bits per heavy atom. The molecule has 1 aliphatic rings. The number of pyridine rings is 2. The minimum atomic E-state index is -0.468. The zero-order chi connectivity index (χ0) is 17.3. The van der Waals surface area contributed by atoms with Crippen molar-refractivity contribution in [2.75, 3.05) is 18.1 Å². The van der Waals surface area contributed by atoms with Crippen molar-refractivity contribution in [2.45, 2.75) is 32.1 Å². The summed E-state index contributed by atoms with van der Waals surface area (Å²) in [6.45, 7) is 4.61. The summed E-state index contributed by atoms with van der Waals surface area (Å²) in [6.07, 6.45) is 7.05. The van der Waals surface area contributed by atoms with Gasteiger partial charge in [-0.2, -0.15) is 0 Å². The average molecular weight is 326 g/mol. The molecular weight excluding hydrogens is 304 g/mol. The highest BCUT2D eigenvalue weighted by Gasteiger charge is 2.23. The van der Waals surface area contributed by atoms with Crippen molar-refractivity contribution in [3.63, 3.8) is 0 Å². The number of aromatic nitrogens is 2. The molecule has 3 rings (SSSR count). The van der Waals surface area contributed by atoms with Crippen molar-refractivity contribution in [1.29, 1.82) is 0 Å². The zero-order valence-electron chi connectivity index (χ0n) is 14.0. The van der Waals surface area contributed by atoms with Gasteiger partial charge in [0.15, 0.2) is 0 Å². The quantitative estimate of drug-likeness (QED) is 0.905. The maximum absolute atomic E-state index is 11.5. The number of aryl methyl sites for hydroxylation is 1. The topological polar surface area (TPSA) is 92.3 Å². The lowest BCUT2D eigenvalue weighted by molar-refractivity contribution is 0.218. The van der Waals surface area contributed by atoms with Gasteiger partial charge in [0.05, 0.1) is 6.61 Å². The van der Waals surface area contributed by atoms with Gasteiger partial charge in [-0.25, -0.2) is 9.78 Å². The number of hydrogen-bond acceptors (Lipinski definition) is 4. The Balaban J connectivity index is 2.00. The van der Waals surface area contributed by atoms with Gasteiger partial charge in [-0.15, -0.1) is 0 Å². The van der Waals surface area contributed by atoms with E-state index in [4.69, 9.17) is 5.73 Å². The third kappa shape index (κ3) is 2.97. The van der Waals surface area contributed by atoms with E-state index in [9.17, 15) is 9.90 Å². The SMILES string of the molecule is CC(C)(CO)c1cncc(-c2cnc3c(c2)CCCN3C(N)=O)c1. The van der Waals surface area contributed by atoms with Gasteiger partial charge in [-0.1, -0.05) is 13.8 Å². The first kappa shape index (κ1) is 16.4. The monoisotopic (exact) mass is 326 g/mol. The van der Waals surface area contributed by atoms with E-state index in [1.165, 1.54) is 4.90 Å². The lowest BCUT2D eigenvalue weighted by Crippen LogP contribution is -2.40. The Morgan fingerprint density at radius 2 is 2.04 bits per heavy atom. The lowest BCUT2D eigenvalue weighted by Gasteiger charge is -2.27. The van der Waals surface area contributed by atoms with E-state index in [-0.39, 0.29) is 12.0 Å². The standard InChI is InChI=1S/C18H22N4O2/c1-18(2,11-23)15-7-14(8-20-10-15)13-6-12-4-3-5-22(17(19)24)16(12)21-9-13/h6-10,23H,3-5,11H2,1-2H3,(H2,19,24). The van der Waals surface area contributed by atoms with Crippen LogP contribution < -0.4 is 10.6 Å². The molecule has 0 unspecified atom stereocenters. The Bertz CT molecular complexity index is 773. The molecule has 126 valence electrons. The Morgan fingerprint density at radius 3 is 2.75 bits per heavy atom. The first-order chi connectivity index (χ1) is 11.4. The summed E-state index contributed by atoms with van der Waals surface area (Å²) in [5, 5.41) is 9.56. The second-order valence-electron chi connectivity index (χ2n) is 6.80. The predicted molar refractivity (Wildman–Crippen MR) is 92.8 cm³/mol. The molecule has 0 bridgehead atoms. The summed E-state index contributed by atoms with van der Waals surface area (Å²) in [7, 11) is 0. The molecule has 0 fully saturated rings. The number of rotatable bonds is 3. The zero-order valence-corrected chi connectivity index (χ0v) is 14.0. The van der Waals surface area contributed by atoms with E-state index in [2.05, 4.69) is 9.97 Å². The molecule has 2 aromatic rings. The maximum Gasteiger partial charge on any atom is 0.320 e. The third-order valence-electron chi connectivity index (χ3n) is 4.54. The summed E-state index contributed by atoms with van der Waals surface area (Å²) in [5.41, 5.74) is 8.96. The van der Waals surface area contributed by atoms with E-state index in [1.54, 1.807) is 18.6 Å². The van der Waals surface area contributed by atoms with Crippen LogP contribution in [0.15, 0.2) is 30.7 Å². The number of amides is 2. The summed E-state index contributed by atoms with van der Waals surface area (Å²) < 4.78 is 0. The summed E-state index contributed by atoms with van der Waals surface area (Å²) in [6, 6.07) is 3.61. The second-order valence-corrected chi connectivity index (χ2v) is 6.80. The molecule has 0 aliphatic carbocycles. The van der Waals surface area contributed by atoms with Gasteiger partial charge >= 0.3 is 6.03 Å². The fourth-order valence-corrected chi connectivity index (χ4v) is 2.90. The number of nitrogens with two attached hydrogens (primary N) is 1. The number of urea groups is 1. The number of nitrogens with zero attached hydrogens (tertiary/aromatic N) is 3. The molecule has 6 heteroatoms. The second kappa shape index (κ2) is 6.20. The molecular formula is C18H22N4O2. The first-order valence-corrected chi connectivity index (χ1v) is 8.05. The number of primary amides is 1. The molecule has 1 aliphatic heterocycles. The molecule has 0 atom stereocenters. The molecule has 0 spiro atoms. The van der Waals surface area contributed by atoms with E-state index in [0.29, 0.717) is 12.4 Å². The van der Waals surface area contributed by atoms with Crippen LogP contribution in [-0.4, -0.2) is 34.3 Å². The van der Waals surface area contributed by atoms with Crippen LogP contribution in [0.4, 0.5) is 10.6 Å². The number of aliphatic hydroxyl groups is 1. The van der Waals surface area contributed by atoms with Crippen LogP contribution in [0.3, 0.4) is 0 Å². The molecule has 24 heavy (non-hydrogen) atoms. The first-order valence-electron chi connectivity index (χ1n) is 8.05. The summed E-state index contributed by atoms with van der Waals surface area (Å²) in [4.78, 5) is 21.8. The Labute approximate surface area is 141 Å². The summed E-state index contributed by atoms with van der Waals surface area (Å²) in [5.74, 6) is 0.650. The Kier molecular flexibility index (Phi) is 4.24. The molecule has 0 saturated carbocycles. The molecule has 2 amide bonds. The number of hydrogen-bond donors (Lipinski definition) is 2. The van der Waals surface area contributed by atoms with E-state index in [1.807, 2.05) is 26.0 Å². The van der Waals surface area contributed by atoms with Crippen LogP contribution >= 0.6 is 0 Å². The van der Waals surface area contributed by atoms with Crippen molar-refractivity contribution in [2.24, 2.45) is 5.73 Å². The van der Waals surface area contributed by atoms with Crippen molar-refractivity contribution in [3.05, 3.63) is 41.9 Å². The van der Waals surface area contributed by atoms with E-state index in [0.717, 1.165) is 35.1 Å². The fraction of sp³-hybridized carbons (Fsp3) is 0.389. The molecule has 0 radical (unpaired) electrons. The Hall–Kier alpha value is -2.47. The largest absolute Gasteiger partial charge is 0.395 e. The summed E-state index contributed by atoms with van der Waals surface area (Å²) >= 11 is 0. The number of anilines is 1. The molecule has 0 aromatic carbocycles. The molecule has 6 nitrogen and oxygen atoms in total. The van der Waals surface area contributed by atoms with Gasteiger partial charge in [0.2, 0.25) is 0 Å². The minimum absolute atomic E-state index is 0.0497. The van der Waals surface area contributed by atoms with Crippen molar-refractivity contribution in [1.82, 2.24) is 9.97 Å². The number of carbonyl (C=O) groups excluding carboxylic acids is 1. The van der Waals surface area contributed by atoms with Crippen LogP contribution in [0.1, 0.15) is 31.4 Å². The van der Waals surface area contributed by atoms with Crippen LogP contribution in [0.5, 0.6) is 0 Å². The van der Waals surface area contributed by atoms with E-state index < -0.39 is 6.03 Å². The van der Waals surface area contributed by atoms with Crippen molar-refractivity contribution >= 4 is 11.8 Å². The average Bonchev–Trinajstić information content (AvgIpc) is 2.60. The smallest absolute Gasteiger partial charge is 0.320 e. The van der Waals surface area contributed by atoms with Gasteiger partial charge in [0.25, 0.3) is 0 Å². The van der Waals surface area contributed by atoms with Crippen LogP contribution in [0, 0.1) is 0 Å². The molecule has 0 saturated heterocycles. The third-order valence-corrected chi connectivity index (χ3v) is 4.54. The lowest BCUT2D eigenvalue weighted by atomic mass is 9.85. The maximum atomic E-state index is 11.5. The van der Waals surface area contributed by atoms with Gasteiger partial charge in [0.1, 0.15) is 5.82 Å². The fourth-order valence-electron chi connectivity index (χ4n) is 2.90.